The predicted octanol–water partition coefficient (Wildman–Crippen LogP) is -1.03. The second kappa shape index (κ2) is 21.1. The molecule has 0 heterocycles. The third-order valence-corrected chi connectivity index (χ3v) is 4.89. The van der Waals surface area contributed by atoms with Crippen LogP contribution in [0.1, 0.15) is 88.0 Å². The number of carbonyl (C=O) groups is 4. The lowest BCUT2D eigenvalue weighted by Crippen LogP contribution is -2.44. The SMILES string of the molecule is CCCC(N=C([O-])OC(C)(C)C)C(O)C(=O)NCC(=O)O.CCCC(N=C([O-])OC(C)(C)C)C(O)C(=O)NCC(=O)OCC. The van der Waals surface area contributed by atoms with Gasteiger partial charge in [-0.2, -0.15) is 0 Å². The summed E-state index contributed by atoms with van der Waals surface area (Å²) in [6.45, 7) is 14.6. The molecule has 0 fully saturated rings. The highest BCUT2D eigenvalue weighted by Crippen LogP contribution is 2.12. The van der Waals surface area contributed by atoms with Gasteiger partial charge in [-0.1, -0.05) is 68.2 Å². The summed E-state index contributed by atoms with van der Waals surface area (Å²) in [5, 5.41) is 56.0. The van der Waals surface area contributed by atoms with Crippen LogP contribution in [0.4, 0.5) is 0 Å². The van der Waals surface area contributed by atoms with Crippen LogP contribution in [0.25, 0.3) is 0 Å². The van der Waals surface area contributed by atoms with Gasteiger partial charge >= 0.3 is 11.9 Å². The Hall–Kier alpha value is -3.66. The number of hydrogen-bond donors (Lipinski definition) is 5. The lowest BCUT2D eigenvalue weighted by Gasteiger charge is -2.31. The van der Waals surface area contributed by atoms with Crippen molar-refractivity contribution in [2.24, 2.45) is 9.98 Å². The van der Waals surface area contributed by atoms with Crippen molar-refractivity contribution in [1.82, 2.24) is 10.6 Å². The number of hydrogen-bond acceptors (Lipinski definition) is 13. The molecule has 0 aliphatic carbocycles. The van der Waals surface area contributed by atoms with E-state index in [2.05, 4.69) is 20.0 Å². The average Bonchev–Trinajstić information content (AvgIpc) is 2.87. The van der Waals surface area contributed by atoms with Crippen LogP contribution in [0, 0.1) is 0 Å². The molecule has 4 unspecified atom stereocenters. The molecule has 0 rings (SSSR count). The maximum absolute atomic E-state index is 11.9. The first kappa shape index (κ1) is 42.5. The van der Waals surface area contributed by atoms with Crippen molar-refractivity contribution < 1.29 is 58.9 Å². The maximum atomic E-state index is 11.9. The van der Waals surface area contributed by atoms with Crippen LogP contribution in [-0.4, -0.2) is 106 Å². The number of esters is 1. The fraction of sp³-hybridized carbons (Fsp3) is 0.786. The summed E-state index contributed by atoms with van der Waals surface area (Å²) >= 11 is 0. The van der Waals surface area contributed by atoms with Gasteiger partial charge in [-0.15, -0.1) is 0 Å². The van der Waals surface area contributed by atoms with Crippen molar-refractivity contribution in [1.29, 1.82) is 0 Å². The molecule has 0 aromatic carbocycles. The smallest absolute Gasteiger partial charge is 0.325 e. The molecule has 16 nitrogen and oxygen atoms in total. The number of amides is 2. The Morgan fingerprint density at radius 2 is 1.09 bits per heavy atom. The van der Waals surface area contributed by atoms with E-state index in [1.165, 1.54) is 0 Å². The number of carboxylic acids is 1. The van der Waals surface area contributed by atoms with Gasteiger partial charge < -0.3 is 50.4 Å². The number of carboxylic acid groups (broad SMARTS) is 1. The maximum Gasteiger partial charge on any atom is 0.325 e. The summed E-state index contributed by atoms with van der Waals surface area (Å²) in [5.41, 5.74) is -1.44. The first-order valence-electron chi connectivity index (χ1n) is 14.3. The van der Waals surface area contributed by atoms with E-state index in [0.29, 0.717) is 25.7 Å². The van der Waals surface area contributed by atoms with Crippen molar-refractivity contribution in [2.45, 2.75) is 123 Å². The van der Waals surface area contributed by atoms with Crippen LogP contribution in [0.2, 0.25) is 0 Å². The molecule has 0 aromatic heterocycles. The minimum absolute atomic E-state index is 0.198. The Morgan fingerprint density at radius 3 is 1.39 bits per heavy atom. The summed E-state index contributed by atoms with van der Waals surface area (Å²) < 4.78 is 14.7. The number of aliphatic carboxylic acids is 1. The Balaban J connectivity index is 0. The van der Waals surface area contributed by atoms with E-state index in [9.17, 15) is 39.6 Å². The van der Waals surface area contributed by atoms with Crippen molar-refractivity contribution in [3.05, 3.63) is 0 Å². The molecule has 44 heavy (non-hydrogen) atoms. The van der Waals surface area contributed by atoms with E-state index in [-0.39, 0.29) is 13.2 Å². The molecular formula is C28H50N4O12-2. The van der Waals surface area contributed by atoms with Gasteiger partial charge in [0.15, 0.2) is 12.2 Å². The summed E-state index contributed by atoms with van der Waals surface area (Å²) in [6, 6.07) is -1.91. The highest BCUT2D eigenvalue weighted by atomic mass is 16.6. The largest absolute Gasteiger partial charge is 0.595 e. The molecular weight excluding hydrogens is 584 g/mol. The van der Waals surface area contributed by atoms with Crippen LogP contribution in [0.5, 0.6) is 0 Å². The Bertz CT molecular complexity index is 957. The quantitative estimate of drug-likeness (QED) is 0.0824. The summed E-state index contributed by atoms with van der Waals surface area (Å²) in [5.74, 6) is -3.51. The molecule has 0 aliphatic rings. The molecule has 16 heteroatoms. The zero-order valence-electron chi connectivity index (χ0n) is 27.2. The third-order valence-electron chi connectivity index (χ3n) is 4.89. The monoisotopic (exact) mass is 634 g/mol. The normalized spacial score (nSPS) is 15.0. The van der Waals surface area contributed by atoms with Crippen molar-refractivity contribution in [3.63, 3.8) is 0 Å². The van der Waals surface area contributed by atoms with Crippen LogP contribution < -0.4 is 20.8 Å². The van der Waals surface area contributed by atoms with Gasteiger partial charge in [0.2, 0.25) is 0 Å². The Kier molecular flexibility index (Phi) is 20.4. The molecule has 0 bridgehead atoms. The first-order valence-corrected chi connectivity index (χ1v) is 14.3. The zero-order valence-corrected chi connectivity index (χ0v) is 27.2. The van der Waals surface area contributed by atoms with Crippen LogP contribution in [-0.2, 0) is 33.4 Å². The molecule has 0 saturated carbocycles. The summed E-state index contributed by atoms with van der Waals surface area (Å²) in [4.78, 5) is 52.4. The fourth-order valence-corrected chi connectivity index (χ4v) is 3.12. The van der Waals surface area contributed by atoms with Crippen LogP contribution in [0.15, 0.2) is 9.98 Å². The third kappa shape index (κ3) is 22.0. The van der Waals surface area contributed by atoms with E-state index in [0.717, 1.165) is 0 Å². The van der Waals surface area contributed by atoms with Crippen molar-refractivity contribution in [2.75, 3.05) is 19.7 Å². The molecule has 0 radical (unpaired) electrons. The molecule has 256 valence electrons. The van der Waals surface area contributed by atoms with E-state index >= 15 is 0 Å². The average molecular weight is 635 g/mol. The molecule has 0 aromatic rings. The van der Waals surface area contributed by atoms with Gasteiger partial charge in [-0.05, 0) is 19.8 Å². The molecule has 0 spiro atoms. The second-order valence-corrected chi connectivity index (χ2v) is 11.5. The molecule has 0 saturated heterocycles. The van der Waals surface area contributed by atoms with Gasteiger partial charge in [0.1, 0.15) is 25.3 Å². The Labute approximate surface area is 258 Å². The highest BCUT2D eigenvalue weighted by molar-refractivity contribution is 5.86. The van der Waals surface area contributed by atoms with E-state index in [1.807, 2.05) is 12.2 Å². The molecule has 2 amide bonds. The number of aliphatic hydroxyl groups excluding tert-OH is 2. The lowest BCUT2D eigenvalue weighted by molar-refractivity contribution is -0.262. The van der Waals surface area contributed by atoms with E-state index in [1.54, 1.807) is 55.4 Å². The second-order valence-electron chi connectivity index (χ2n) is 11.5. The van der Waals surface area contributed by atoms with Gasteiger partial charge in [0, 0.05) is 11.2 Å². The van der Waals surface area contributed by atoms with Gasteiger partial charge in [-0.3, -0.25) is 29.2 Å². The van der Waals surface area contributed by atoms with Crippen molar-refractivity contribution >= 4 is 35.9 Å². The minimum atomic E-state index is -1.60. The minimum Gasteiger partial charge on any atom is -0.595 e. The topological polar surface area (TPSA) is 252 Å². The number of aliphatic imine (C=N–C) groups is 2. The van der Waals surface area contributed by atoms with Crippen LogP contribution in [0.3, 0.4) is 0 Å². The van der Waals surface area contributed by atoms with Gasteiger partial charge in [0.05, 0.1) is 18.7 Å². The number of nitrogens with zero attached hydrogens (tertiary/aromatic N) is 2. The fourth-order valence-electron chi connectivity index (χ4n) is 3.12. The van der Waals surface area contributed by atoms with E-state index in [4.69, 9.17) is 14.6 Å². The van der Waals surface area contributed by atoms with Gasteiger partial charge in [-0.25, -0.2) is 0 Å². The van der Waals surface area contributed by atoms with Crippen LogP contribution >= 0.6 is 0 Å². The van der Waals surface area contributed by atoms with Crippen molar-refractivity contribution in [3.8, 4) is 0 Å². The summed E-state index contributed by atoms with van der Waals surface area (Å²) in [7, 11) is 0. The Morgan fingerprint density at radius 1 is 0.727 bits per heavy atom. The molecule has 5 N–H and O–H groups in total. The lowest BCUT2D eigenvalue weighted by atomic mass is 10.1. The standard InChI is InChI=1S/C15H28N2O6.C13H24N2O6/c1-6-8-10(17-14(21)23-15(3,4)5)12(19)13(20)16-9-11(18)22-7-2;1-5-6-8(15-12(20)21-13(2,3)4)10(18)11(19)14-7-9(16)17/h10,12,19H,6-9H2,1-5H3,(H,16,20)(H,17,21);8,10,18H,5-7H2,1-4H3,(H,14,19)(H,15,20)(H,16,17)/p-2. The molecule has 4 atom stereocenters. The number of rotatable bonds is 15. The zero-order chi connectivity index (χ0) is 34.7. The predicted molar refractivity (Wildman–Crippen MR) is 156 cm³/mol. The summed E-state index contributed by atoms with van der Waals surface area (Å²) in [6.07, 6.45) is -3.04. The first-order chi connectivity index (χ1) is 20.2. The number of aliphatic hydroxyl groups is 2. The highest BCUT2D eigenvalue weighted by Gasteiger charge is 2.27. The number of carbonyl (C=O) groups excluding carboxylic acids is 3. The molecule has 0 aliphatic heterocycles. The number of nitrogens with one attached hydrogen (secondary N) is 2. The number of ether oxygens (including phenoxy) is 3. The van der Waals surface area contributed by atoms with E-state index < -0.39 is 78.0 Å². The van der Waals surface area contributed by atoms with Gasteiger partial charge in [0.25, 0.3) is 11.8 Å².